The molecule has 2 aromatic heterocycles. The minimum absolute atomic E-state index is 0.0534. The maximum absolute atomic E-state index is 13.9. The van der Waals surface area contributed by atoms with Crippen LogP contribution in [0.1, 0.15) is 36.7 Å². The van der Waals surface area contributed by atoms with Crippen LogP contribution in [0.5, 0.6) is 5.75 Å². The van der Waals surface area contributed by atoms with Gasteiger partial charge in [-0.05, 0) is 42.8 Å². The van der Waals surface area contributed by atoms with E-state index in [1.807, 2.05) is 0 Å². The molecule has 0 N–H and O–H groups in total. The molecule has 0 saturated heterocycles. The predicted octanol–water partition coefficient (Wildman–Crippen LogP) is 4.11. The van der Waals surface area contributed by atoms with Crippen LogP contribution in [0, 0.1) is 6.92 Å². The third kappa shape index (κ3) is 4.51. The van der Waals surface area contributed by atoms with E-state index in [1.54, 1.807) is 0 Å². The van der Waals surface area contributed by atoms with Gasteiger partial charge in [0.1, 0.15) is 16.9 Å². The van der Waals surface area contributed by atoms with Gasteiger partial charge in [0, 0.05) is 25.2 Å². The first-order chi connectivity index (χ1) is 17.9. The molecule has 0 spiro atoms. The van der Waals surface area contributed by atoms with Crippen molar-refractivity contribution in [2.24, 2.45) is 0 Å². The average Bonchev–Trinajstić information content (AvgIpc) is 3.22. The SMILES string of the molecule is COc1ccc(C=O)cc1Cn1c(=O)n(-c2ccccc2C(F)(F)F)c(=O)c2c(C)c(C(=O)N(C)C)sc21. The molecule has 0 radical (unpaired) electrons. The summed E-state index contributed by atoms with van der Waals surface area (Å²) in [6.07, 6.45) is -4.25. The summed E-state index contributed by atoms with van der Waals surface area (Å²) in [5, 5.41) is -0.0534. The van der Waals surface area contributed by atoms with Gasteiger partial charge in [-0.2, -0.15) is 13.2 Å². The molecule has 198 valence electrons. The fourth-order valence-corrected chi connectivity index (χ4v) is 5.49. The van der Waals surface area contributed by atoms with Crippen LogP contribution < -0.4 is 16.0 Å². The van der Waals surface area contributed by atoms with E-state index in [4.69, 9.17) is 4.74 Å². The molecule has 2 aromatic carbocycles. The Bertz CT molecular complexity index is 1700. The lowest BCUT2D eigenvalue weighted by atomic mass is 10.1. The maximum atomic E-state index is 13.9. The van der Waals surface area contributed by atoms with Crippen molar-refractivity contribution >= 4 is 33.7 Å². The van der Waals surface area contributed by atoms with Crippen LogP contribution in [0.25, 0.3) is 15.9 Å². The number of carbonyl (C=O) groups excluding carboxylic acids is 2. The number of ether oxygens (including phenoxy) is 1. The molecule has 38 heavy (non-hydrogen) atoms. The van der Waals surface area contributed by atoms with Crippen LogP contribution in [-0.2, 0) is 12.7 Å². The van der Waals surface area contributed by atoms with Crippen molar-refractivity contribution in [1.82, 2.24) is 14.0 Å². The van der Waals surface area contributed by atoms with E-state index >= 15 is 0 Å². The molecule has 12 heteroatoms. The van der Waals surface area contributed by atoms with Crippen molar-refractivity contribution in [2.45, 2.75) is 19.6 Å². The van der Waals surface area contributed by atoms with Crippen molar-refractivity contribution in [3.8, 4) is 11.4 Å². The van der Waals surface area contributed by atoms with Gasteiger partial charge in [-0.25, -0.2) is 9.36 Å². The third-order valence-corrected chi connectivity index (χ3v) is 7.34. The lowest BCUT2D eigenvalue weighted by Crippen LogP contribution is -2.40. The van der Waals surface area contributed by atoms with Gasteiger partial charge in [-0.15, -0.1) is 11.3 Å². The highest BCUT2D eigenvalue weighted by Crippen LogP contribution is 2.34. The van der Waals surface area contributed by atoms with Gasteiger partial charge >= 0.3 is 11.9 Å². The number of aryl methyl sites for hydroxylation is 1. The molecule has 2 heterocycles. The highest BCUT2D eigenvalue weighted by Gasteiger charge is 2.35. The van der Waals surface area contributed by atoms with Crippen LogP contribution in [0.4, 0.5) is 13.2 Å². The van der Waals surface area contributed by atoms with E-state index in [2.05, 4.69) is 0 Å². The van der Waals surface area contributed by atoms with Crippen LogP contribution >= 0.6 is 11.3 Å². The molecule has 0 fully saturated rings. The minimum atomic E-state index is -4.85. The first-order valence-electron chi connectivity index (χ1n) is 11.2. The summed E-state index contributed by atoms with van der Waals surface area (Å²) in [5.41, 5.74) is -2.91. The topological polar surface area (TPSA) is 90.6 Å². The number of hydrogen-bond donors (Lipinski definition) is 0. The lowest BCUT2D eigenvalue weighted by molar-refractivity contribution is -0.137. The number of rotatable bonds is 6. The number of aromatic nitrogens is 2. The molecule has 4 rings (SSSR count). The number of halogens is 3. The fraction of sp³-hybridized carbons (Fsp3) is 0.231. The van der Waals surface area contributed by atoms with Gasteiger partial charge in [0.2, 0.25) is 0 Å². The third-order valence-electron chi connectivity index (χ3n) is 6.03. The smallest absolute Gasteiger partial charge is 0.418 e. The van der Waals surface area contributed by atoms with Crippen molar-refractivity contribution in [3.05, 3.63) is 90.4 Å². The predicted molar refractivity (Wildman–Crippen MR) is 137 cm³/mol. The monoisotopic (exact) mass is 545 g/mol. The Labute approximate surface area is 218 Å². The van der Waals surface area contributed by atoms with E-state index in [0.29, 0.717) is 22.2 Å². The zero-order valence-corrected chi connectivity index (χ0v) is 21.6. The average molecular weight is 546 g/mol. The molecule has 0 aliphatic rings. The largest absolute Gasteiger partial charge is 0.496 e. The Hall–Kier alpha value is -4.19. The molecule has 4 aromatic rings. The fourth-order valence-electron chi connectivity index (χ4n) is 4.18. The summed E-state index contributed by atoms with van der Waals surface area (Å²) in [4.78, 5) is 53.3. The summed E-state index contributed by atoms with van der Waals surface area (Å²) in [6.45, 7) is 1.27. The highest BCUT2D eigenvalue weighted by atomic mass is 32.1. The number of alkyl halides is 3. The van der Waals surface area contributed by atoms with Gasteiger partial charge in [0.25, 0.3) is 11.5 Å². The van der Waals surface area contributed by atoms with E-state index in [0.717, 1.165) is 34.1 Å². The first kappa shape index (κ1) is 26.9. The summed E-state index contributed by atoms with van der Waals surface area (Å²) < 4.78 is 48.7. The van der Waals surface area contributed by atoms with Crippen LogP contribution in [0.15, 0.2) is 52.1 Å². The van der Waals surface area contributed by atoms with Gasteiger partial charge in [0.15, 0.2) is 0 Å². The Morgan fingerprint density at radius 1 is 1.13 bits per heavy atom. The number of benzene rings is 2. The number of carbonyl (C=O) groups is 2. The van der Waals surface area contributed by atoms with Gasteiger partial charge < -0.3 is 9.64 Å². The van der Waals surface area contributed by atoms with Gasteiger partial charge in [0.05, 0.1) is 35.2 Å². The van der Waals surface area contributed by atoms with E-state index in [-0.39, 0.29) is 32.8 Å². The van der Waals surface area contributed by atoms with Crippen LogP contribution in [0.2, 0.25) is 0 Å². The molecular weight excluding hydrogens is 523 g/mol. The van der Waals surface area contributed by atoms with E-state index in [1.165, 1.54) is 57.3 Å². The normalized spacial score (nSPS) is 11.6. The molecule has 1 amide bonds. The molecule has 0 bridgehead atoms. The molecule has 8 nitrogen and oxygen atoms in total. The summed E-state index contributed by atoms with van der Waals surface area (Å²) in [7, 11) is 4.43. The summed E-state index contributed by atoms with van der Waals surface area (Å²) in [5.74, 6) is -0.105. The molecular formula is C26H22F3N3O5S. The number of nitrogens with zero attached hydrogens (tertiary/aromatic N) is 3. The zero-order chi connectivity index (χ0) is 27.9. The quantitative estimate of drug-likeness (QED) is 0.340. The molecule has 0 aliphatic heterocycles. The number of hydrogen-bond acceptors (Lipinski definition) is 6. The van der Waals surface area contributed by atoms with Crippen LogP contribution in [-0.4, -0.2) is 47.4 Å². The summed E-state index contributed by atoms with van der Waals surface area (Å²) in [6, 6.07) is 8.80. The highest BCUT2D eigenvalue weighted by molar-refractivity contribution is 7.20. The lowest BCUT2D eigenvalue weighted by Gasteiger charge is -2.17. The zero-order valence-electron chi connectivity index (χ0n) is 20.8. The maximum Gasteiger partial charge on any atom is 0.418 e. The van der Waals surface area contributed by atoms with Crippen LogP contribution in [0.3, 0.4) is 0 Å². The number of para-hydroxylation sites is 1. The summed E-state index contributed by atoms with van der Waals surface area (Å²) >= 11 is 0.897. The van der Waals surface area contributed by atoms with Crippen molar-refractivity contribution < 1.29 is 27.5 Å². The van der Waals surface area contributed by atoms with E-state index < -0.39 is 34.6 Å². The van der Waals surface area contributed by atoms with Crippen molar-refractivity contribution in [1.29, 1.82) is 0 Å². The number of amides is 1. The Kier molecular flexibility index (Phi) is 7.02. The first-order valence-corrected chi connectivity index (χ1v) is 12.0. The van der Waals surface area contributed by atoms with E-state index in [9.17, 15) is 32.3 Å². The Morgan fingerprint density at radius 3 is 2.42 bits per heavy atom. The molecule has 0 saturated carbocycles. The second-order valence-corrected chi connectivity index (χ2v) is 9.65. The Balaban J connectivity index is 2.15. The molecule has 0 atom stereocenters. The molecule has 0 aliphatic carbocycles. The number of fused-ring (bicyclic) bond motifs is 1. The standard InChI is InChI=1S/C26H22F3N3O5S/c1-14-20-22(34)32(18-8-6-5-7-17(18)26(27,28)29)25(36)31(24(20)38-21(14)23(35)30(2)3)12-16-11-15(13-33)9-10-19(16)37-4/h5-11,13H,12H2,1-4H3. The number of aldehydes is 1. The van der Waals surface area contributed by atoms with Gasteiger partial charge in [-0.1, -0.05) is 12.1 Å². The van der Waals surface area contributed by atoms with Crippen molar-refractivity contribution in [2.75, 3.05) is 21.2 Å². The molecule has 0 unspecified atom stereocenters. The Morgan fingerprint density at radius 2 is 1.82 bits per heavy atom. The minimum Gasteiger partial charge on any atom is -0.496 e. The second-order valence-electron chi connectivity index (χ2n) is 8.65. The number of methoxy groups -OCH3 is 1. The second kappa shape index (κ2) is 9.93. The van der Waals surface area contributed by atoms with Gasteiger partial charge in [-0.3, -0.25) is 19.0 Å². The number of thiophene rings is 1. The van der Waals surface area contributed by atoms with Crippen molar-refractivity contribution in [3.63, 3.8) is 0 Å².